The Hall–Kier alpha value is -2.55. The van der Waals surface area contributed by atoms with E-state index in [0.29, 0.717) is 24.5 Å². The van der Waals surface area contributed by atoms with Crippen LogP contribution in [-0.2, 0) is 4.74 Å². The van der Waals surface area contributed by atoms with E-state index in [-0.39, 0.29) is 24.5 Å². The van der Waals surface area contributed by atoms with Crippen LogP contribution < -0.4 is 9.47 Å². The van der Waals surface area contributed by atoms with Crippen molar-refractivity contribution in [3.8, 4) is 34.5 Å². The Morgan fingerprint density at radius 1 is 0.943 bits per heavy atom. The Morgan fingerprint density at radius 2 is 1.66 bits per heavy atom. The van der Waals surface area contributed by atoms with Crippen molar-refractivity contribution < 1.29 is 23.7 Å². The highest BCUT2D eigenvalue weighted by Crippen LogP contribution is 2.31. The van der Waals surface area contributed by atoms with Gasteiger partial charge in [-0.2, -0.15) is 0 Å². The fraction of sp³-hybridized carbons (Fsp3) is 0.533. The summed E-state index contributed by atoms with van der Waals surface area (Å²) in [5, 5.41) is 9.15. The van der Waals surface area contributed by atoms with Gasteiger partial charge < -0.3 is 19.3 Å². The molecular weight excluding hydrogens is 443 g/mol. The summed E-state index contributed by atoms with van der Waals surface area (Å²) in [7, 11) is 0. The monoisotopic (exact) mass is 482 g/mol. The van der Waals surface area contributed by atoms with Gasteiger partial charge in [-0.1, -0.05) is 75.8 Å². The fourth-order valence-electron chi connectivity index (χ4n) is 4.21. The van der Waals surface area contributed by atoms with Crippen molar-refractivity contribution in [3.63, 3.8) is 0 Å². The highest BCUT2D eigenvalue weighted by Gasteiger charge is 2.17. The van der Waals surface area contributed by atoms with E-state index < -0.39 is 0 Å². The predicted octanol–water partition coefficient (Wildman–Crippen LogP) is 7.26. The highest BCUT2D eigenvalue weighted by molar-refractivity contribution is 5.68. The molecule has 0 amide bonds. The zero-order chi connectivity index (χ0) is 24.7. The molecule has 0 bridgehead atoms. The van der Waals surface area contributed by atoms with Crippen molar-refractivity contribution in [1.82, 2.24) is 0 Å². The molecule has 3 rings (SSSR count). The maximum atomic E-state index is 14.7. The number of aliphatic hydroxyl groups excluding tert-OH is 1. The van der Waals surface area contributed by atoms with Gasteiger partial charge in [-0.05, 0) is 54.7 Å². The van der Waals surface area contributed by atoms with Crippen molar-refractivity contribution in [2.24, 2.45) is 0 Å². The van der Waals surface area contributed by atoms with E-state index >= 15 is 0 Å². The van der Waals surface area contributed by atoms with E-state index in [1.54, 1.807) is 6.07 Å². The van der Waals surface area contributed by atoms with Crippen LogP contribution in [0.5, 0.6) is 11.5 Å². The number of hydrogen-bond donors (Lipinski definition) is 1. The largest absolute Gasteiger partial charge is 0.491 e. The first kappa shape index (κ1) is 27.0. The minimum Gasteiger partial charge on any atom is -0.491 e. The van der Waals surface area contributed by atoms with Gasteiger partial charge in [-0.15, -0.1) is 0 Å². The fourth-order valence-corrected chi connectivity index (χ4v) is 4.21. The predicted molar refractivity (Wildman–Crippen MR) is 138 cm³/mol. The molecule has 4 nitrogen and oxygen atoms in total. The summed E-state index contributed by atoms with van der Waals surface area (Å²) >= 11 is 0. The summed E-state index contributed by atoms with van der Waals surface area (Å²) in [5.41, 5.74) is 2.19. The number of benzene rings is 2. The maximum absolute atomic E-state index is 14.7. The SMILES string of the molecule is CCCCCCCCCCOc1ccc(-c2ccc(OC3CCCCO3)c(C#CCO)c2)cc1F. The average Bonchev–Trinajstić information content (AvgIpc) is 2.88. The summed E-state index contributed by atoms with van der Waals surface area (Å²) < 4.78 is 32.1. The number of unbranched alkanes of at least 4 members (excludes halogenated alkanes) is 7. The van der Waals surface area contributed by atoms with Crippen molar-refractivity contribution in [1.29, 1.82) is 0 Å². The van der Waals surface area contributed by atoms with Crippen molar-refractivity contribution in [3.05, 3.63) is 47.8 Å². The zero-order valence-corrected chi connectivity index (χ0v) is 21.0. The van der Waals surface area contributed by atoms with Gasteiger partial charge in [-0.3, -0.25) is 0 Å². The van der Waals surface area contributed by atoms with Crippen molar-refractivity contribution >= 4 is 0 Å². The molecule has 5 heteroatoms. The molecule has 35 heavy (non-hydrogen) atoms. The Balaban J connectivity index is 1.57. The Bertz CT molecular complexity index is 957. The molecule has 0 aliphatic carbocycles. The topological polar surface area (TPSA) is 47.9 Å². The average molecular weight is 483 g/mol. The van der Waals surface area contributed by atoms with Crippen LogP contribution >= 0.6 is 0 Å². The summed E-state index contributed by atoms with van der Waals surface area (Å²) in [4.78, 5) is 0. The molecule has 1 fully saturated rings. The first-order valence-electron chi connectivity index (χ1n) is 13.2. The lowest BCUT2D eigenvalue weighted by molar-refractivity contribution is -0.106. The highest BCUT2D eigenvalue weighted by atomic mass is 19.1. The van der Waals surface area contributed by atoms with Gasteiger partial charge in [0.1, 0.15) is 12.4 Å². The third-order valence-electron chi connectivity index (χ3n) is 6.20. The van der Waals surface area contributed by atoms with E-state index in [2.05, 4.69) is 18.8 Å². The Labute approximate surface area is 209 Å². The van der Waals surface area contributed by atoms with E-state index in [4.69, 9.17) is 19.3 Å². The van der Waals surface area contributed by atoms with Crippen LogP contribution in [0.1, 0.15) is 83.1 Å². The quantitative estimate of drug-likeness (QED) is 0.241. The van der Waals surface area contributed by atoms with Crippen LogP contribution in [-0.4, -0.2) is 31.2 Å². The van der Waals surface area contributed by atoms with Gasteiger partial charge in [-0.25, -0.2) is 4.39 Å². The molecule has 1 saturated heterocycles. The molecule has 1 heterocycles. The molecule has 1 aliphatic heterocycles. The van der Waals surface area contributed by atoms with Crippen LogP contribution in [0.15, 0.2) is 36.4 Å². The summed E-state index contributed by atoms with van der Waals surface area (Å²) in [5.74, 6) is 6.14. The minimum atomic E-state index is -0.374. The first-order valence-corrected chi connectivity index (χ1v) is 13.2. The molecule has 190 valence electrons. The molecular formula is C30H39FO4. The smallest absolute Gasteiger partial charge is 0.199 e. The van der Waals surface area contributed by atoms with Crippen LogP contribution in [0.3, 0.4) is 0 Å². The molecule has 1 unspecified atom stereocenters. The third kappa shape index (κ3) is 9.20. The van der Waals surface area contributed by atoms with E-state index in [9.17, 15) is 4.39 Å². The number of hydrogen-bond acceptors (Lipinski definition) is 4. The van der Waals surface area contributed by atoms with Crippen LogP contribution in [0.2, 0.25) is 0 Å². The molecule has 0 spiro atoms. The normalized spacial score (nSPS) is 15.3. The lowest BCUT2D eigenvalue weighted by atomic mass is 10.0. The lowest BCUT2D eigenvalue weighted by Crippen LogP contribution is -2.25. The van der Waals surface area contributed by atoms with Crippen LogP contribution in [0, 0.1) is 17.7 Å². The van der Waals surface area contributed by atoms with Gasteiger partial charge in [0.25, 0.3) is 0 Å². The second kappa shape index (κ2) is 15.4. The van der Waals surface area contributed by atoms with Gasteiger partial charge in [0.15, 0.2) is 17.9 Å². The summed E-state index contributed by atoms with van der Waals surface area (Å²) in [6, 6.07) is 10.6. The van der Waals surface area contributed by atoms with Gasteiger partial charge in [0.05, 0.1) is 18.8 Å². The lowest BCUT2D eigenvalue weighted by Gasteiger charge is -2.24. The number of ether oxygens (including phenoxy) is 3. The van der Waals surface area contributed by atoms with E-state index in [1.165, 1.54) is 44.6 Å². The van der Waals surface area contributed by atoms with Gasteiger partial charge >= 0.3 is 0 Å². The van der Waals surface area contributed by atoms with E-state index in [1.807, 2.05) is 24.3 Å². The number of aliphatic hydroxyl groups is 1. The second-order valence-electron chi connectivity index (χ2n) is 9.05. The number of halogens is 1. The van der Waals surface area contributed by atoms with Crippen molar-refractivity contribution in [2.45, 2.75) is 83.8 Å². The van der Waals surface area contributed by atoms with Gasteiger partial charge in [0.2, 0.25) is 0 Å². The van der Waals surface area contributed by atoms with E-state index in [0.717, 1.165) is 43.2 Å². The standard InChI is InChI=1S/C30H39FO4/c1-2-3-4-5-6-7-8-10-20-33-29-18-16-25(23-27(29)31)24-15-17-28(26(22-24)13-12-19-32)35-30-14-9-11-21-34-30/h15-18,22-23,30,32H,2-11,14,19-21H2,1H3. The van der Waals surface area contributed by atoms with Crippen LogP contribution in [0.4, 0.5) is 4.39 Å². The molecule has 1 aliphatic rings. The summed E-state index contributed by atoms with van der Waals surface area (Å²) in [6.07, 6.45) is 12.4. The molecule has 0 aromatic heterocycles. The molecule has 1 atom stereocenters. The molecule has 0 radical (unpaired) electrons. The molecule has 2 aromatic carbocycles. The minimum absolute atomic E-state index is 0.247. The second-order valence-corrected chi connectivity index (χ2v) is 9.05. The van der Waals surface area contributed by atoms with Crippen molar-refractivity contribution in [2.75, 3.05) is 19.8 Å². The molecule has 1 N–H and O–H groups in total. The molecule has 2 aromatic rings. The molecule has 0 saturated carbocycles. The Kier molecular flexibility index (Phi) is 11.9. The Morgan fingerprint density at radius 3 is 2.34 bits per heavy atom. The third-order valence-corrected chi connectivity index (χ3v) is 6.20. The van der Waals surface area contributed by atoms with Crippen LogP contribution in [0.25, 0.3) is 11.1 Å². The summed E-state index contributed by atoms with van der Waals surface area (Å²) in [6.45, 7) is 3.20. The zero-order valence-electron chi connectivity index (χ0n) is 21.0. The number of rotatable bonds is 13. The first-order chi connectivity index (χ1) is 17.2. The maximum Gasteiger partial charge on any atom is 0.199 e. The van der Waals surface area contributed by atoms with Gasteiger partial charge in [0, 0.05) is 6.42 Å².